The first-order valence-electron chi connectivity index (χ1n) is 18.7. The van der Waals surface area contributed by atoms with Crippen molar-refractivity contribution in [3.63, 3.8) is 0 Å². The number of fused-ring (bicyclic) bond motifs is 1. The lowest BCUT2D eigenvalue weighted by atomic mass is 9.85. The van der Waals surface area contributed by atoms with E-state index in [9.17, 15) is 36.4 Å². The maximum absolute atomic E-state index is 14.4. The van der Waals surface area contributed by atoms with Crippen molar-refractivity contribution in [3.05, 3.63) is 71.8 Å². The van der Waals surface area contributed by atoms with E-state index in [0.29, 0.717) is 0 Å². The second kappa shape index (κ2) is 16.9. The molecule has 0 radical (unpaired) electrons. The molecule has 0 aromatic heterocycles. The summed E-state index contributed by atoms with van der Waals surface area (Å²) < 4.78 is 53.9. The van der Waals surface area contributed by atoms with Crippen LogP contribution in [0.5, 0.6) is 0 Å². The number of hydrogen-bond acceptors (Lipinski definition) is 6. The van der Waals surface area contributed by atoms with Gasteiger partial charge in [-0.25, -0.2) is 26.7 Å². The van der Waals surface area contributed by atoms with Gasteiger partial charge < -0.3 is 26.2 Å². The maximum Gasteiger partial charge on any atom is 0.315 e. The molecule has 4 rings (SSSR count). The van der Waals surface area contributed by atoms with E-state index in [0.717, 1.165) is 17.4 Å². The van der Waals surface area contributed by atoms with Gasteiger partial charge in [0.05, 0.1) is 6.26 Å². The minimum Gasteiger partial charge on any atom is -0.353 e. The van der Waals surface area contributed by atoms with E-state index < -0.39 is 81.6 Å². The number of sulfonamides is 1. The van der Waals surface area contributed by atoms with E-state index in [-0.39, 0.29) is 42.8 Å². The van der Waals surface area contributed by atoms with Gasteiger partial charge in [-0.3, -0.25) is 14.4 Å². The molecule has 0 unspecified atom stereocenters. The molecule has 1 aliphatic carbocycles. The summed E-state index contributed by atoms with van der Waals surface area (Å²) in [6.45, 7) is 15.0. The molecule has 1 aliphatic heterocycles. The fraction of sp³-hybridized carbons (Fsp3) is 0.600. The van der Waals surface area contributed by atoms with Gasteiger partial charge in [-0.1, -0.05) is 116 Å². The molecule has 5 amide bonds. The standard InChI is InChI=1S/C40H58F2N6O6S/c1-38(2,3)29(22-44-55(9,53)54)46-37(52)47-33(39(4,5)6)36(51)48-23-27-31(40(27,7)8)32(48)35(50)45-28(20-30(41)42)34(49)43-21-26(24-16-12-10-13-17-24)25-18-14-11-15-19-25/h10-19,26-33,44H,20-23H2,1-9H3,(H,43,49)(H,45,50)(H2,46,47,52)/t27-,28-,29+,31-,32-,33+/m0/s1. The number of hydrogen-bond donors (Lipinski definition) is 5. The first kappa shape index (κ1) is 43.6. The van der Waals surface area contributed by atoms with Crippen LogP contribution in [-0.2, 0) is 24.4 Å². The quantitative estimate of drug-likeness (QED) is 0.181. The molecule has 2 aromatic rings. The molecule has 2 fully saturated rings. The van der Waals surface area contributed by atoms with Crippen molar-refractivity contribution >= 4 is 33.8 Å². The Balaban J connectivity index is 1.53. The first-order chi connectivity index (χ1) is 25.4. The summed E-state index contributed by atoms with van der Waals surface area (Å²) in [5.41, 5.74) is 0.103. The van der Waals surface area contributed by atoms with Gasteiger partial charge in [0, 0.05) is 38.0 Å². The van der Waals surface area contributed by atoms with Crippen LogP contribution in [0.3, 0.4) is 0 Å². The van der Waals surface area contributed by atoms with Gasteiger partial charge in [0.1, 0.15) is 18.1 Å². The fourth-order valence-electron chi connectivity index (χ4n) is 7.56. The summed E-state index contributed by atoms with van der Waals surface area (Å²) >= 11 is 0. The summed E-state index contributed by atoms with van der Waals surface area (Å²) in [4.78, 5) is 57.1. The number of nitrogens with one attached hydrogen (secondary N) is 5. The van der Waals surface area contributed by atoms with Crippen molar-refractivity contribution in [2.24, 2.45) is 28.1 Å². The van der Waals surface area contributed by atoms with E-state index in [4.69, 9.17) is 0 Å². The molecule has 0 spiro atoms. The van der Waals surface area contributed by atoms with Crippen LogP contribution in [0.2, 0.25) is 0 Å². The average Bonchev–Trinajstić information content (AvgIpc) is 3.38. The molecule has 1 saturated carbocycles. The first-order valence-corrected chi connectivity index (χ1v) is 20.6. The zero-order valence-corrected chi connectivity index (χ0v) is 34.1. The maximum atomic E-state index is 14.4. The highest BCUT2D eigenvalue weighted by molar-refractivity contribution is 7.88. The Kier molecular flexibility index (Phi) is 13.4. The topological polar surface area (TPSA) is 166 Å². The molecule has 12 nitrogen and oxygen atoms in total. The number of rotatable bonds is 15. The number of benzene rings is 2. The van der Waals surface area contributed by atoms with Crippen LogP contribution < -0.4 is 26.0 Å². The number of urea groups is 1. The highest BCUT2D eigenvalue weighted by atomic mass is 32.2. The molecular formula is C40H58F2N6O6S. The minimum absolute atomic E-state index is 0.0612. The van der Waals surface area contributed by atoms with Gasteiger partial charge in [-0.2, -0.15) is 0 Å². The Hall–Kier alpha value is -4.11. The summed E-state index contributed by atoms with van der Waals surface area (Å²) in [5.74, 6) is -2.65. The lowest BCUT2D eigenvalue weighted by Gasteiger charge is -2.38. The monoisotopic (exact) mass is 788 g/mol. The lowest BCUT2D eigenvalue weighted by Crippen LogP contribution is -2.62. The Labute approximate surface area is 324 Å². The van der Waals surface area contributed by atoms with Crippen molar-refractivity contribution in [1.29, 1.82) is 0 Å². The number of likely N-dealkylation sites (tertiary alicyclic amines) is 1. The Morgan fingerprint density at radius 3 is 1.85 bits per heavy atom. The molecule has 1 heterocycles. The highest BCUT2D eigenvalue weighted by Gasteiger charge is 2.70. The third-order valence-corrected chi connectivity index (χ3v) is 11.7. The van der Waals surface area contributed by atoms with E-state index in [1.54, 1.807) is 20.8 Å². The summed E-state index contributed by atoms with van der Waals surface area (Å²) in [6.07, 6.45) is -2.81. The molecule has 2 aromatic carbocycles. The predicted molar refractivity (Wildman–Crippen MR) is 208 cm³/mol. The molecule has 5 N–H and O–H groups in total. The van der Waals surface area contributed by atoms with Gasteiger partial charge in [-0.15, -0.1) is 0 Å². The normalized spacial score (nSPS) is 21.0. The number of nitrogens with zero attached hydrogens (tertiary/aromatic N) is 1. The molecule has 15 heteroatoms. The molecule has 0 bridgehead atoms. The second-order valence-electron chi connectivity index (χ2n) is 17.7. The van der Waals surface area contributed by atoms with E-state index in [1.165, 1.54) is 4.90 Å². The number of amides is 5. The average molecular weight is 789 g/mol. The van der Waals surface area contributed by atoms with Gasteiger partial charge >= 0.3 is 6.03 Å². The number of halogens is 2. The summed E-state index contributed by atoms with van der Waals surface area (Å²) in [6, 6.07) is 13.8. The van der Waals surface area contributed by atoms with Crippen molar-refractivity contribution in [1.82, 2.24) is 30.9 Å². The van der Waals surface area contributed by atoms with Gasteiger partial charge in [0.15, 0.2) is 0 Å². The minimum atomic E-state index is -3.55. The van der Waals surface area contributed by atoms with Crippen LogP contribution in [0.25, 0.3) is 0 Å². The number of carbonyl (C=O) groups is 4. The lowest BCUT2D eigenvalue weighted by molar-refractivity contribution is -0.144. The fourth-order valence-corrected chi connectivity index (χ4v) is 8.03. The van der Waals surface area contributed by atoms with Crippen molar-refractivity contribution in [2.75, 3.05) is 25.9 Å². The smallest absolute Gasteiger partial charge is 0.315 e. The Morgan fingerprint density at radius 1 is 0.836 bits per heavy atom. The van der Waals surface area contributed by atoms with Crippen LogP contribution in [0.1, 0.15) is 78.9 Å². The van der Waals surface area contributed by atoms with Crippen LogP contribution in [0.15, 0.2) is 60.7 Å². The largest absolute Gasteiger partial charge is 0.353 e. The van der Waals surface area contributed by atoms with Crippen LogP contribution in [0, 0.1) is 28.1 Å². The molecule has 55 heavy (non-hydrogen) atoms. The molecule has 6 atom stereocenters. The summed E-state index contributed by atoms with van der Waals surface area (Å²) in [7, 11) is -3.55. The third kappa shape index (κ3) is 11.2. The molecule has 1 saturated heterocycles. The molecule has 2 aliphatic rings. The Bertz CT molecular complexity index is 1740. The Morgan fingerprint density at radius 2 is 1.38 bits per heavy atom. The molecule has 304 valence electrons. The molecular weight excluding hydrogens is 731 g/mol. The van der Waals surface area contributed by atoms with E-state index in [2.05, 4.69) is 26.0 Å². The third-order valence-electron chi connectivity index (χ3n) is 11.0. The van der Waals surface area contributed by atoms with Crippen molar-refractivity contribution < 1.29 is 36.4 Å². The van der Waals surface area contributed by atoms with Crippen LogP contribution >= 0.6 is 0 Å². The zero-order chi connectivity index (χ0) is 41.1. The second-order valence-corrected chi connectivity index (χ2v) is 19.5. The number of carbonyl (C=O) groups excluding carboxylic acids is 4. The van der Waals surface area contributed by atoms with E-state index in [1.807, 2.05) is 95.3 Å². The van der Waals surface area contributed by atoms with Gasteiger partial charge in [0.2, 0.25) is 34.2 Å². The van der Waals surface area contributed by atoms with Crippen LogP contribution in [0.4, 0.5) is 13.6 Å². The van der Waals surface area contributed by atoms with Crippen molar-refractivity contribution in [2.45, 2.75) is 98.3 Å². The SMILES string of the molecule is CC(C)(C)[C@H](NC(=O)N[C@H](CNS(C)(=O)=O)C(C)(C)C)C(=O)N1C[C@H]2[C@@H]([C@H]1C(=O)N[C@@H](CC(F)F)C(=O)NCC(c1ccccc1)c1ccccc1)C2(C)C. The van der Waals surface area contributed by atoms with Crippen LogP contribution in [-0.4, -0.2) is 93.6 Å². The van der Waals surface area contributed by atoms with Gasteiger partial charge in [-0.05, 0) is 39.2 Å². The number of piperidine rings is 1. The van der Waals surface area contributed by atoms with Crippen molar-refractivity contribution in [3.8, 4) is 0 Å². The highest BCUT2D eigenvalue weighted by Crippen LogP contribution is 2.65. The predicted octanol–water partition coefficient (Wildman–Crippen LogP) is 4.24. The van der Waals surface area contributed by atoms with Gasteiger partial charge in [0.25, 0.3) is 0 Å². The number of alkyl halides is 2. The zero-order valence-electron chi connectivity index (χ0n) is 33.3. The van der Waals surface area contributed by atoms with E-state index >= 15 is 0 Å². The summed E-state index contributed by atoms with van der Waals surface area (Å²) in [5, 5.41) is 10.9.